The lowest BCUT2D eigenvalue weighted by Gasteiger charge is -1.99. The van der Waals surface area contributed by atoms with Crippen molar-refractivity contribution in [2.24, 2.45) is 5.73 Å². The van der Waals surface area contributed by atoms with Crippen molar-refractivity contribution in [1.82, 2.24) is 0 Å². The van der Waals surface area contributed by atoms with Crippen LogP contribution in [-0.2, 0) is 0 Å². The zero-order valence-corrected chi connectivity index (χ0v) is 5.87. The van der Waals surface area contributed by atoms with E-state index in [0.717, 1.165) is 6.42 Å². The SMILES string of the molecule is CC1=CCC[C@H]1N.Cl. The van der Waals surface area contributed by atoms with Crippen LogP contribution in [0.25, 0.3) is 0 Å². The third kappa shape index (κ3) is 1.49. The molecule has 0 aromatic rings. The zero-order valence-electron chi connectivity index (χ0n) is 5.05. The predicted octanol–water partition coefficient (Wildman–Crippen LogP) is 1.48. The van der Waals surface area contributed by atoms with Gasteiger partial charge in [0.1, 0.15) is 0 Å². The van der Waals surface area contributed by atoms with Gasteiger partial charge < -0.3 is 5.73 Å². The normalized spacial score (nSPS) is 26.8. The Hall–Kier alpha value is -0.0100. The molecule has 1 rings (SSSR count). The van der Waals surface area contributed by atoms with E-state index >= 15 is 0 Å². The van der Waals surface area contributed by atoms with Crippen LogP contribution in [0.4, 0.5) is 0 Å². The average Bonchev–Trinajstić information content (AvgIpc) is 1.91. The molecule has 48 valence electrons. The molecule has 2 heteroatoms. The van der Waals surface area contributed by atoms with Crippen LogP contribution in [0, 0.1) is 0 Å². The minimum Gasteiger partial charge on any atom is -0.324 e. The highest BCUT2D eigenvalue weighted by molar-refractivity contribution is 5.85. The van der Waals surface area contributed by atoms with E-state index in [1.165, 1.54) is 12.0 Å². The van der Waals surface area contributed by atoms with E-state index in [-0.39, 0.29) is 12.4 Å². The Bertz CT molecular complexity index is 98.7. The molecule has 1 nitrogen and oxygen atoms in total. The summed E-state index contributed by atoms with van der Waals surface area (Å²) in [6, 6.07) is 0.375. The fourth-order valence-electron chi connectivity index (χ4n) is 0.870. The average molecular weight is 134 g/mol. The summed E-state index contributed by atoms with van der Waals surface area (Å²) in [7, 11) is 0. The smallest absolute Gasteiger partial charge is 0.0253 e. The summed E-state index contributed by atoms with van der Waals surface area (Å²) in [4.78, 5) is 0. The van der Waals surface area contributed by atoms with Gasteiger partial charge in [0.05, 0.1) is 0 Å². The minimum absolute atomic E-state index is 0. The maximum Gasteiger partial charge on any atom is 0.0253 e. The van der Waals surface area contributed by atoms with Crippen molar-refractivity contribution in [2.75, 3.05) is 0 Å². The molecule has 0 fully saturated rings. The van der Waals surface area contributed by atoms with Crippen LogP contribution in [-0.4, -0.2) is 6.04 Å². The molecule has 0 bridgehead atoms. The third-order valence-electron chi connectivity index (χ3n) is 1.53. The van der Waals surface area contributed by atoms with E-state index in [1.54, 1.807) is 0 Å². The molecule has 2 N–H and O–H groups in total. The van der Waals surface area contributed by atoms with E-state index in [0.29, 0.717) is 6.04 Å². The lowest BCUT2D eigenvalue weighted by atomic mass is 10.2. The molecule has 0 saturated carbocycles. The zero-order chi connectivity index (χ0) is 5.28. The Morgan fingerprint density at radius 1 is 1.75 bits per heavy atom. The third-order valence-corrected chi connectivity index (χ3v) is 1.53. The highest BCUT2D eigenvalue weighted by Crippen LogP contribution is 2.14. The molecular weight excluding hydrogens is 122 g/mol. The Balaban J connectivity index is 0.000000490. The quantitative estimate of drug-likeness (QED) is 0.498. The number of nitrogens with two attached hydrogens (primary N) is 1. The lowest BCUT2D eigenvalue weighted by molar-refractivity contribution is 0.752. The van der Waals surface area contributed by atoms with Crippen LogP contribution < -0.4 is 5.73 Å². The fraction of sp³-hybridized carbons (Fsp3) is 0.667. The highest BCUT2D eigenvalue weighted by atomic mass is 35.5. The largest absolute Gasteiger partial charge is 0.324 e. The van der Waals surface area contributed by atoms with Crippen molar-refractivity contribution in [3.63, 3.8) is 0 Å². The summed E-state index contributed by atoms with van der Waals surface area (Å²) in [5, 5.41) is 0. The van der Waals surface area contributed by atoms with Gasteiger partial charge in [-0.25, -0.2) is 0 Å². The molecule has 0 saturated heterocycles. The molecule has 8 heavy (non-hydrogen) atoms. The number of hydrogen-bond acceptors (Lipinski definition) is 1. The molecular formula is C6H12ClN. The van der Waals surface area contributed by atoms with Crippen LogP contribution >= 0.6 is 12.4 Å². The van der Waals surface area contributed by atoms with Crippen molar-refractivity contribution in [3.8, 4) is 0 Å². The number of hydrogen-bond donors (Lipinski definition) is 1. The lowest BCUT2D eigenvalue weighted by Crippen LogP contribution is -2.16. The van der Waals surface area contributed by atoms with Crippen molar-refractivity contribution in [3.05, 3.63) is 11.6 Å². The summed E-state index contributed by atoms with van der Waals surface area (Å²) in [6.45, 7) is 2.09. The molecule has 0 amide bonds. The number of allylic oxidation sites excluding steroid dienone is 1. The first-order valence-corrected chi connectivity index (χ1v) is 2.73. The second-order valence-electron chi connectivity index (χ2n) is 2.13. The maximum absolute atomic E-state index is 5.61. The molecule has 0 aromatic carbocycles. The van der Waals surface area contributed by atoms with Crippen LogP contribution in [0.15, 0.2) is 11.6 Å². The molecule has 0 unspecified atom stereocenters. The Kier molecular flexibility index (Phi) is 3.10. The van der Waals surface area contributed by atoms with Gasteiger partial charge in [0.15, 0.2) is 0 Å². The van der Waals surface area contributed by atoms with E-state index in [2.05, 4.69) is 13.0 Å². The van der Waals surface area contributed by atoms with E-state index in [9.17, 15) is 0 Å². The van der Waals surface area contributed by atoms with Gasteiger partial charge >= 0.3 is 0 Å². The molecule has 0 radical (unpaired) electrons. The second kappa shape index (κ2) is 3.10. The van der Waals surface area contributed by atoms with E-state index in [4.69, 9.17) is 5.73 Å². The Morgan fingerprint density at radius 2 is 2.38 bits per heavy atom. The van der Waals surface area contributed by atoms with Gasteiger partial charge in [-0.15, -0.1) is 12.4 Å². The Morgan fingerprint density at radius 3 is 2.50 bits per heavy atom. The topological polar surface area (TPSA) is 26.0 Å². The Labute approximate surface area is 56.4 Å². The van der Waals surface area contributed by atoms with Crippen LogP contribution in [0.1, 0.15) is 19.8 Å². The van der Waals surface area contributed by atoms with Gasteiger partial charge in [-0.1, -0.05) is 11.6 Å². The van der Waals surface area contributed by atoms with Crippen molar-refractivity contribution in [2.45, 2.75) is 25.8 Å². The van der Waals surface area contributed by atoms with Gasteiger partial charge in [-0.3, -0.25) is 0 Å². The molecule has 1 aliphatic rings. The number of rotatable bonds is 0. The molecule has 0 spiro atoms. The summed E-state index contributed by atoms with van der Waals surface area (Å²) < 4.78 is 0. The van der Waals surface area contributed by atoms with Crippen molar-refractivity contribution < 1.29 is 0 Å². The van der Waals surface area contributed by atoms with Crippen molar-refractivity contribution >= 4 is 12.4 Å². The molecule has 1 aliphatic carbocycles. The standard InChI is InChI=1S/C6H11N.ClH/c1-5-3-2-4-6(5)7;/h3,6H,2,4,7H2,1H3;1H/t6-;/m1./s1. The van der Waals surface area contributed by atoms with Gasteiger partial charge in [-0.2, -0.15) is 0 Å². The summed E-state index contributed by atoms with van der Waals surface area (Å²) in [5.41, 5.74) is 6.97. The van der Waals surface area contributed by atoms with Crippen LogP contribution in [0.3, 0.4) is 0 Å². The highest BCUT2D eigenvalue weighted by Gasteiger charge is 2.08. The van der Waals surface area contributed by atoms with Crippen LogP contribution in [0.5, 0.6) is 0 Å². The summed E-state index contributed by atoms with van der Waals surface area (Å²) in [5.74, 6) is 0. The number of halogens is 1. The summed E-state index contributed by atoms with van der Waals surface area (Å²) in [6.07, 6.45) is 4.56. The first-order valence-electron chi connectivity index (χ1n) is 2.73. The monoisotopic (exact) mass is 133 g/mol. The van der Waals surface area contributed by atoms with Crippen LogP contribution in [0.2, 0.25) is 0 Å². The molecule has 1 atom stereocenters. The van der Waals surface area contributed by atoms with Gasteiger partial charge in [0, 0.05) is 6.04 Å². The van der Waals surface area contributed by atoms with Gasteiger partial charge in [-0.05, 0) is 19.8 Å². The fourth-order valence-corrected chi connectivity index (χ4v) is 0.870. The van der Waals surface area contributed by atoms with Gasteiger partial charge in [0.2, 0.25) is 0 Å². The molecule has 0 aliphatic heterocycles. The maximum atomic E-state index is 5.61. The first kappa shape index (κ1) is 7.99. The molecule has 0 heterocycles. The molecule has 0 aromatic heterocycles. The predicted molar refractivity (Wildman–Crippen MR) is 38.2 cm³/mol. The van der Waals surface area contributed by atoms with Crippen molar-refractivity contribution in [1.29, 1.82) is 0 Å². The van der Waals surface area contributed by atoms with E-state index in [1.807, 2.05) is 0 Å². The van der Waals surface area contributed by atoms with Gasteiger partial charge in [0.25, 0.3) is 0 Å². The summed E-state index contributed by atoms with van der Waals surface area (Å²) >= 11 is 0. The first-order chi connectivity index (χ1) is 3.30. The van der Waals surface area contributed by atoms with E-state index < -0.39 is 0 Å². The second-order valence-corrected chi connectivity index (χ2v) is 2.13. The minimum atomic E-state index is 0.